The number of hydrogen-bond acceptors (Lipinski definition) is 3. The average Bonchev–Trinajstić information content (AvgIpc) is 2.65. The Balaban J connectivity index is 1.89. The predicted molar refractivity (Wildman–Crippen MR) is 102 cm³/mol. The van der Waals surface area contributed by atoms with Gasteiger partial charge in [-0.25, -0.2) is 0 Å². The summed E-state index contributed by atoms with van der Waals surface area (Å²) in [7, 11) is 0. The summed E-state index contributed by atoms with van der Waals surface area (Å²) in [5.41, 5.74) is 1.86. The van der Waals surface area contributed by atoms with Gasteiger partial charge in [-0.3, -0.25) is 4.79 Å². The maximum absolute atomic E-state index is 12.1. The van der Waals surface area contributed by atoms with E-state index in [1.54, 1.807) is 0 Å². The smallest absolute Gasteiger partial charge is 0.262 e. The van der Waals surface area contributed by atoms with Gasteiger partial charge in [-0.15, -0.1) is 0 Å². The van der Waals surface area contributed by atoms with Crippen LogP contribution in [0, 0.1) is 0 Å². The minimum absolute atomic E-state index is 0.0124. The van der Waals surface area contributed by atoms with E-state index in [2.05, 4.69) is 32.2 Å². The van der Waals surface area contributed by atoms with Gasteiger partial charge in [0.2, 0.25) is 0 Å². The molecule has 25 heavy (non-hydrogen) atoms. The molecular weight excluding hydrogens is 314 g/mol. The average molecular weight is 341 g/mol. The summed E-state index contributed by atoms with van der Waals surface area (Å²) < 4.78 is 11.3. The maximum atomic E-state index is 12.1. The molecular formula is C21H27NO3. The normalized spacial score (nSPS) is 11.6. The Morgan fingerprint density at radius 2 is 1.76 bits per heavy atom. The first-order valence-electron chi connectivity index (χ1n) is 8.88. The van der Waals surface area contributed by atoms with Crippen LogP contribution in [0.2, 0.25) is 0 Å². The molecule has 4 nitrogen and oxygen atoms in total. The minimum atomic E-state index is -0.179. The highest BCUT2D eigenvalue weighted by Crippen LogP contribution is 2.28. The molecule has 0 aliphatic heterocycles. The Morgan fingerprint density at radius 1 is 1.04 bits per heavy atom. The van der Waals surface area contributed by atoms with Crippen LogP contribution in [-0.4, -0.2) is 19.1 Å². The molecule has 0 saturated carbocycles. The van der Waals surface area contributed by atoms with E-state index in [4.69, 9.17) is 9.47 Å². The van der Waals surface area contributed by atoms with Crippen LogP contribution in [0.25, 0.3) is 0 Å². The third-order valence-electron chi connectivity index (χ3n) is 4.03. The molecule has 0 fully saturated rings. The molecule has 0 bridgehead atoms. The molecule has 0 heterocycles. The lowest BCUT2D eigenvalue weighted by Crippen LogP contribution is -2.20. The molecule has 134 valence electrons. The highest BCUT2D eigenvalue weighted by atomic mass is 16.5. The lowest BCUT2D eigenvalue weighted by molar-refractivity contribution is -0.118. The van der Waals surface area contributed by atoms with E-state index in [9.17, 15) is 4.79 Å². The molecule has 0 spiro atoms. The summed E-state index contributed by atoms with van der Waals surface area (Å²) in [5.74, 6) is 1.80. The molecule has 4 heteroatoms. The lowest BCUT2D eigenvalue weighted by atomic mass is 9.98. The SMILES string of the molecule is CCCOc1ccc(NC(=O)COc2ccccc2[C@H](C)CC)cc1. The van der Waals surface area contributed by atoms with Crippen LogP contribution in [0.5, 0.6) is 11.5 Å². The molecule has 0 radical (unpaired) electrons. The fourth-order valence-electron chi connectivity index (χ4n) is 2.43. The van der Waals surface area contributed by atoms with E-state index >= 15 is 0 Å². The third kappa shape index (κ3) is 5.82. The quantitative estimate of drug-likeness (QED) is 0.698. The first-order chi connectivity index (χ1) is 12.1. The van der Waals surface area contributed by atoms with Crippen molar-refractivity contribution in [1.29, 1.82) is 0 Å². The van der Waals surface area contributed by atoms with Crippen molar-refractivity contribution >= 4 is 11.6 Å². The van der Waals surface area contributed by atoms with E-state index in [0.717, 1.165) is 35.6 Å². The van der Waals surface area contributed by atoms with E-state index in [1.165, 1.54) is 0 Å². The highest BCUT2D eigenvalue weighted by molar-refractivity contribution is 5.91. The van der Waals surface area contributed by atoms with Crippen molar-refractivity contribution in [3.05, 3.63) is 54.1 Å². The monoisotopic (exact) mass is 341 g/mol. The summed E-state index contributed by atoms with van der Waals surface area (Å²) in [6.07, 6.45) is 1.99. The summed E-state index contributed by atoms with van der Waals surface area (Å²) in [4.78, 5) is 12.1. The van der Waals surface area contributed by atoms with Crippen LogP contribution in [-0.2, 0) is 4.79 Å². The van der Waals surface area contributed by atoms with Gasteiger partial charge in [-0.05, 0) is 54.7 Å². The van der Waals surface area contributed by atoms with Crippen LogP contribution >= 0.6 is 0 Å². The van der Waals surface area contributed by atoms with Crippen molar-refractivity contribution < 1.29 is 14.3 Å². The van der Waals surface area contributed by atoms with Gasteiger partial charge in [-0.1, -0.05) is 39.0 Å². The number of rotatable bonds is 9. The van der Waals surface area contributed by atoms with E-state index in [1.807, 2.05) is 42.5 Å². The Morgan fingerprint density at radius 3 is 2.44 bits per heavy atom. The fourth-order valence-corrected chi connectivity index (χ4v) is 2.43. The minimum Gasteiger partial charge on any atom is -0.494 e. The zero-order valence-electron chi connectivity index (χ0n) is 15.2. The van der Waals surface area contributed by atoms with E-state index in [0.29, 0.717) is 12.5 Å². The number of amides is 1. The van der Waals surface area contributed by atoms with Crippen molar-refractivity contribution in [3.8, 4) is 11.5 Å². The van der Waals surface area contributed by atoms with Crippen molar-refractivity contribution in [2.45, 2.75) is 39.5 Å². The van der Waals surface area contributed by atoms with Gasteiger partial charge in [0.1, 0.15) is 11.5 Å². The second-order valence-corrected chi connectivity index (χ2v) is 6.06. The molecule has 0 aliphatic carbocycles. The van der Waals surface area contributed by atoms with Gasteiger partial charge in [0.05, 0.1) is 6.61 Å². The second kappa shape index (κ2) is 9.72. The molecule has 1 N–H and O–H groups in total. The van der Waals surface area contributed by atoms with Crippen molar-refractivity contribution in [1.82, 2.24) is 0 Å². The summed E-state index contributed by atoms with van der Waals surface area (Å²) in [6.45, 7) is 7.04. The zero-order valence-corrected chi connectivity index (χ0v) is 15.2. The first-order valence-corrected chi connectivity index (χ1v) is 8.88. The van der Waals surface area contributed by atoms with Crippen molar-refractivity contribution in [2.75, 3.05) is 18.5 Å². The number of anilines is 1. The van der Waals surface area contributed by atoms with Crippen LogP contribution < -0.4 is 14.8 Å². The van der Waals surface area contributed by atoms with Gasteiger partial charge in [0.25, 0.3) is 5.91 Å². The number of para-hydroxylation sites is 1. The predicted octanol–water partition coefficient (Wildman–Crippen LogP) is 5.01. The van der Waals surface area contributed by atoms with Gasteiger partial charge >= 0.3 is 0 Å². The molecule has 0 aromatic heterocycles. The number of ether oxygens (including phenoxy) is 2. The molecule has 2 aromatic rings. The number of hydrogen-bond donors (Lipinski definition) is 1. The molecule has 1 atom stereocenters. The zero-order chi connectivity index (χ0) is 18.1. The second-order valence-electron chi connectivity index (χ2n) is 6.06. The standard InChI is InChI=1S/C21H27NO3/c1-4-14-24-18-12-10-17(11-13-18)22-21(23)15-25-20-9-7-6-8-19(20)16(3)5-2/h6-13,16H,4-5,14-15H2,1-3H3,(H,22,23)/t16-/m1/s1. The lowest BCUT2D eigenvalue weighted by Gasteiger charge is -2.15. The molecule has 0 saturated heterocycles. The molecule has 0 unspecified atom stereocenters. The van der Waals surface area contributed by atoms with Gasteiger partial charge in [-0.2, -0.15) is 0 Å². The van der Waals surface area contributed by atoms with E-state index < -0.39 is 0 Å². The van der Waals surface area contributed by atoms with E-state index in [-0.39, 0.29) is 12.5 Å². The summed E-state index contributed by atoms with van der Waals surface area (Å²) >= 11 is 0. The topological polar surface area (TPSA) is 47.6 Å². The number of benzene rings is 2. The largest absolute Gasteiger partial charge is 0.494 e. The number of carbonyl (C=O) groups excluding carboxylic acids is 1. The van der Waals surface area contributed by atoms with Gasteiger partial charge < -0.3 is 14.8 Å². The van der Waals surface area contributed by atoms with Crippen molar-refractivity contribution in [3.63, 3.8) is 0 Å². The van der Waals surface area contributed by atoms with Crippen LogP contribution in [0.15, 0.2) is 48.5 Å². The molecule has 1 amide bonds. The molecule has 2 rings (SSSR count). The fraction of sp³-hybridized carbons (Fsp3) is 0.381. The maximum Gasteiger partial charge on any atom is 0.262 e. The Hall–Kier alpha value is -2.49. The highest BCUT2D eigenvalue weighted by Gasteiger charge is 2.11. The number of nitrogens with one attached hydrogen (secondary N) is 1. The van der Waals surface area contributed by atoms with Gasteiger partial charge in [0.15, 0.2) is 6.61 Å². The van der Waals surface area contributed by atoms with Crippen LogP contribution in [0.3, 0.4) is 0 Å². The first kappa shape index (κ1) is 18.8. The summed E-state index contributed by atoms with van der Waals surface area (Å²) in [6, 6.07) is 15.2. The van der Waals surface area contributed by atoms with Crippen LogP contribution in [0.4, 0.5) is 5.69 Å². The third-order valence-corrected chi connectivity index (χ3v) is 4.03. The Labute approximate surface area is 150 Å². The Bertz CT molecular complexity index is 667. The molecule has 0 aliphatic rings. The molecule has 2 aromatic carbocycles. The number of carbonyl (C=O) groups is 1. The Kier molecular flexibility index (Phi) is 7.33. The summed E-state index contributed by atoms with van der Waals surface area (Å²) in [5, 5.41) is 2.84. The van der Waals surface area contributed by atoms with Crippen molar-refractivity contribution in [2.24, 2.45) is 0 Å². The van der Waals surface area contributed by atoms with Gasteiger partial charge in [0, 0.05) is 5.69 Å². The van der Waals surface area contributed by atoms with Crippen LogP contribution in [0.1, 0.15) is 45.1 Å².